The molecule has 0 saturated heterocycles. The van der Waals surface area contributed by atoms with Gasteiger partial charge in [-0.05, 0) is 105 Å². The van der Waals surface area contributed by atoms with Crippen LogP contribution in [0.1, 0.15) is 25.0 Å². The topological polar surface area (TPSA) is 16.4 Å². The van der Waals surface area contributed by atoms with Crippen LogP contribution < -0.4 is 4.90 Å². The first-order chi connectivity index (χ1) is 24.5. The van der Waals surface area contributed by atoms with Gasteiger partial charge in [0.25, 0.3) is 0 Å². The number of hydrogen-bond acceptors (Lipinski definition) is 3. The van der Waals surface area contributed by atoms with Crippen molar-refractivity contribution in [1.82, 2.24) is 0 Å². The first kappa shape index (κ1) is 29.1. The van der Waals surface area contributed by atoms with Gasteiger partial charge < -0.3 is 9.32 Å². The number of rotatable bonds is 5. The second-order valence-electron chi connectivity index (χ2n) is 13.8. The normalized spacial score (nSPS) is 13.2. The second kappa shape index (κ2) is 11.1. The van der Waals surface area contributed by atoms with E-state index in [1.54, 1.807) is 0 Å². The van der Waals surface area contributed by atoms with Gasteiger partial charge in [0.15, 0.2) is 0 Å². The van der Waals surface area contributed by atoms with Gasteiger partial charge in [0.1, 0.15) is 11.2 Å². The van der Waals surface area contributed by atoms with E-state index in [9.17, 15) is 0 Å². The highest BCUT2D eigenvalue weighted by molar-refractivity contribution is 7.22. The number of para-hydroxylation sites is 1. The number of fused-ring (bicyclic) bond motifs is 8. The molecule has 2 nitrogen and oxygen atoms in total. The molecule has 0 N–H and O–H groups in total. The predicted octanol–water partition coefficient (Wildman–Crippen LogP) is 13.9. The maximum Gasteiger partial charge on any atom is 0.135 e. The number of hydrogen-bond donors (Lipinski definition) is 0. The Morgan fingerprint density at radius 1 is 0.480 bits per heavy atom. The summed E-state index contributed by atoms with van der Waals surface area (Å²) in [6.07, 6.45) is 0. The lowest BCUT2D eigenvalue weighted by molar-refractivity contribution is 0.667. The van der Waals surface area contributed by atoms with Crippen LogP contribution in [0.15, 0.2) is 168 Å². The minimum Gasteiger partial charge on any atom is -0.456 e. The molecular formula is C47H33NOS. The quantitative estimate of drug-likeness (QED) is 0.183. The van der Waals surface area contributed by atoms with Crippen molar-refractivity contribution in [3.63, 3.8) is 0 Å². The van der Waals surface area contributed by atoms with Gasteiger partial charge >= 0.3 is 0 Å². The van der Waals surface area contributed by atoms with Gasteiger partial charge in [0, 0.05) is 42.8 Å². The third-order valence-electron chi connectivity index (χ3n) is 10.4. The molecule has 7 aromatic carbocycles. The molecule has 10 rings (SSSR count). The molecule has 0 saturated carbocycles. The maximum absolute atomic E-state index is 6.22. The van der Waals surface area contributed by atoms with Crippen LogP contribution in [-0.4, -0.2) is 0 Å². The third-order valence-corrected chi connectivity index (χ3v) is 11.7. The lowest BCUT2D eigenvalue weighted by atomic mass is 9.80. The molecule has 0 bridgehead atoms. The van der Waals surface area contributed by atoms with Gasteiger partial charge in [-0.1, -0.05) is 117 Å². The fraction of sp³-hybridized carbons (Fsp3) is 0.0638. The maximum atomic E-state index is 6.22. The average Bonchev–Trinajstić information content (AvgIpc) is 3.81. The summed E-state index contributed by atoms with van der Waals surface area (Å²) < 4.78 is 7.58. The smallest absolute Gasteiger partial charge is 0.135 e. The molecule has 0 fully saturated rings. The highest BCUT2D eigenvalue weighted by Gasteiger charge is 2.38. The van der Waals surface area contributed by atoms with E-state index in [1.807, 2.05) is 23.5 Å². The Morgan fingerprint density at radius 3 is 1.98 bits per heavy atom. The lowest BCUT2D eigenvalue weighted by Crippen LogP contribution is -2.15. The van der Waals surface area contributed by atoms with Crippen LogP contribution in [0.4, 0.5) is 17.1 Å². The molecule has 9 aromatic rings. The van der Waals surface area contributed by atoms with Crippen molar-refractivity contribution < 1.29 is 4.42 Å². The summed E-state index contributed by atoms with van der Waals surface area (Å²) in [5.74, 6) is 0. The Hall–Kier alpha value is -5.90. The van der Waals surface area contributed by atoms with Gasteiger partial charge in [0.2, 0.25) is 0 Å². The molecule has 0 unspecified atom stereocenters. The molecule has 0 atom stereocenters. The number of anilines is 3. The first-order valence-corrected chi connectivity index (χ1v) is 18.0. The van der Waals surface area contributed by atoms with Crippen LogP contribution in [-0.2, 0) is 5.41 Å². The minimum atomic E-state index is -0.0762. The van der Waals surface area contributed by atoms with Crippen molar-refractivity contribution in [2.24, 2.45) is 0 Å². The zero-order valence-corrected chi connectivity index (χ0v) is 28.7. The summed E-state index contributed by atoms with van der Waals surface area (Å²) in [5, 5.41) is 3.62. The molecule has 1 aliphatic carbocycles. The van der Waals surface area contributed by atoms with Crippen molar-refractivity contribution in [2.45, 2.75) is 19.3 Å². The Kier molecular flexibility index (Phi) is 6.43. The Labute approximate surface area is 295 Å². The molecular weight excluding hydrogens is 627 g/mol. The van der Waals surface area contributed by atoms with Crippen molar-refractivity contribution in [3.05, 3.63) is 175 Å². The van der Waals surface area contributed by atoms with Crippen molar-refractivity contribution >= 4 is 60.4 Å². The molecule has 50 heavy (non-hydrogen) atoms. The number of furan rings is 1. The number of thiophene rings is 1. The van der Waals surface area contributed by atoms with Crippen LogP contribution in [0.3, 0.4) is 0 Å². The molecule has 3 heteroatoms. The first-order valence-electron chi connectivity index (χ1n) is 17.2. The minimum absolute atomic E-state index is 0.0762. The van der Waals surface area contributed by atoms with Crippen LogP contribution in [0, 0.1) is 0 Å². The van der Waals surface area contributed by atoms with Crippen molar-refractivity contribution in [1.29, 1.82) is 0 Å². The van der Waals surface area contributed by atoms with Crippen LogP contribution in [0.25, 0.3) is 64.7 Å². The fourth-order valence-electron chi connectivity index (χ4n) is 7.99. The molecule has 1 aliphatic rings. The van der Waals surface area contributed by atoms with Gasteiger partial charge in [-0.25, -0.2) is 0 Å². The Morgan fingerprint density at radius 2 is 1.12 bits per heavy atom. The summed E-state index contributed by atoms with van der Waals surface area (Å²) in [7, 11) is 0. The van der Waals surface area contributed by atoms with Crippen LogP contribution in [0.2, 0.25) is 0 Å². The number of benzene rings is 7. The zero-order chi connectivity index (χ0) is 33.4. The van der Waals surface area contributed by atoms with Crippen LogP contribution >= 0.6 is 11.3 Å². The molecule has 0 amide bonds. The van der Waals surface area contributed by atoms with E-state index in [4.69, 9.17) is 4.42 Å². The molecule has 0 aliphatic heterocycles. The standard InChI is InChI=1S/C47H33NOS/c1-47(2)41-28-33(21-25-38(41)46-45(47)39-16-7-9-18-44(39)50-46)32-13-10-14-35(27-32)48(34-22-19-31(20-23-34)30-11-4-3-5-12-30)36-24-26-43-40(29-36)37-15-6-8-17-42(37)49-43/h3-29H,1-2H3. The summed E-state index contributed by atoms with van der Waals surface area (Å²) >= 11 is 1.92. The van der Waals surface area contributed by atoms with E-state index in [1.165, 1.54) is 53.9 Å². The average molecular weight is 660 g/mol. The largest absolute Gasteiger partial charge is 0.456 e. The Bertz CT molecular complexity index is 2730. The highest BCUT2D eigenvalue weighted by Crippen LogP contribution is 2.56. The van der Waals surface area contributed by atoms with E-state index in [-0.39, 0.29) is 5.41 Å². The van der Waals surface area contributed by atoms with Crippen molar-refractivity contribution in [3.8, 4) is 32.7 Å². The Balaban J connectivity index is 1.10. The van der Waals surface area contributed by atoms with Crippen LogP contribution in [0.5, 0.6) is 0 Å². The fourth-order valence-corrected chi connectivity index (χ4v) is 9.39. The van der Waals surface area contributed by atoms with E-state index in [0.717, 1.165) is 39.0 Å². The van der Waals surface area contributed by atoms with E-state index >= 15 is 0 Å². The summed E-state index contributed by atoms with van der Waals surface area (Å²) in [4.78, 5) is 3.78. The molecule has 0 spiro atoms. The van der Waals surface area contributed by atoms with E-state index in [2.05, 4.69) is 170 Å². The van der Waals surface area contributed by atoms with E-state index in [0.29, 0.717) is 0 Å². The highest BCUT2D eigenvalue weighted by atomic mass is 32.1. The summed E-state index contributed by atoms with van der Waals surface area (Å²) in [5.41, 5.74) is 14.1. The third kappa shape index (κ3) is 4.47. The molecule has 2 aromatic heterocycles. The number of nitrogens with zero attached hydrogens (tertiary/aromatic N) is 1. The van der Waals surface area contributed by atoms with E-state index < -0.39 is 0 Å². The molecule has 0 radical (unpaired) electrons. The van der Waals surface area contributed by atoms with Gasteiger partial charge in [-0.15, -0.1) is 11.3 Å². The molecule has 2 heterocycles. The monoisotopic (exact) mass is 659 g/mol. The second-order valence-corrected chi connectivity index (χ2v) is 14.8. The summed E-state index contributed by atoms with van der Waals surface area (Å²) in [6.45, 7) is 4.77. The predicted molar refractivity (Wildman–Crippen MR) is 212 cm³/mol. The summed E-state index contributed by atoms with van der Waals surface area (Å²) in [6, 6.07) is 59.2. The van der Waals surface area contributed by atoms with Gasteiger partial charge in [-0.2, -0.15) is 0 Å². The van der Waals surface area contributed by atoms with Gasteiger partial charge in [-0.3, -0.25) is 0 Å². The lowest BCUT2D eigenvalue weighted by Gasteiger charge is -2.26. The van der Waals surface area contributed by atoms with Gasteiger partial charge in [0.05, 0.1) is 0 Å². The van der Waals surface area contributed by atoms with Crippen molar-refractivity contribution in [2.75, 3.05) is 4.90 Å². The zero-order valence-electron chi connectivity index (χ0n) is 27.9. The molecule has 238 valence electrons. The SMILES string of the molecule is CC1(C)c2cc(-c3cccc(N(c4ccc(-c5ccccc5)cc4)c4ccc5oc6ccccc6c5c4)c3)ccc2-c2sc3ccccc3c21.